The second-order valence-electron chi connectivity index (χ2n) is 4.09. The summed E-state index contributed by atoms with van der Waals surface area (Å²) in [6.07, 6.45) is 0.705. The molecule has 0 saturated carbocycles. The van der Waals surface area contributed by atoms with E-state index in [4.69, 9.17) is 0 Å². The Bertz CT molecular complexity index is 611. The van der Waals surface area contributed by atoms with Crippen LogP contribution in [-0.2, 0) is 0 Å². The monoisotopic (exact) mass is 245 g/mol. The largest absolute Gasteiger partial charge is 0.351 e. The van der Waals surface area contributed by atoms with Gasteiger partial charge in [0.15, 0.2) is 12.1 Å². The molecule has 0 atom stereocenters. The standard InChI is InChI=1S/C14H12FNO2/c1-8-12(7-17)14(16-13(8)9(2)18)10-3-5-11(15)6-4-10/h3-7,16H,1-2H3. The fourth-order valence-corrected chi connectivity index (χ4v) is 1.95. The van der Waals surface area contributed by atoms with Gasteiger partial charge in [-0.05, 0) is 42.3 Å². The molecule has 1 aromatic heterocycles. The van der Waals surface area contributed by atoms with E-state index in [0.717, 1.165) is 0 Å². The molecule has 0 aliphatic carbocycles. The number of carbonyl (C=O) groups excluding carboxylic acids is 2. The van der Waals surface area contributed by atoms with Gasteiger partial charge in [0.05, 0.1) is 11.4 Å². The van der Waals surface area contributed by atoms with Crippen LogP contribution in [0.5, 0.6) is 0 Å². The molecule has 92 valence electrons. The maximum Gasteiger partial charge on any atom is 0.176 e. The zero-order valence-corrected chi connectivity index (χ0v) is 10.1. The average molecular weight is 245 g/mol. The maximum absolute atomic E-state index is 12.9. The summed E-state index contributed by atoms with van der Waals surface area (Å²) < 4.78 is 12.9. The minimum Gasteiger partial charge on any atom is -0.351 e. The quantitative estimate of drug-likeness (QED) is 0.667. The van der Waals surface area contributed by atoms with E-state index in [1.165, 1.54) is 19.1 Å². The maximum atomic E-state index is 12.9. The van der Waals surface area contributed by atoms with Crippen LogP contribution >= 0.6 is 0 Å². The minimum absolute atomic E-state index is 0.135. The van der Waals surface area contributed by atoms with Crippen LogP contribution in [0.1, 0.15) is 33.3 Å². The van der Waals surface area contributed by atoms with E-state index >= 15 is 0 Å². The average Bonchev–Trinajstić information content (AvgIpc) is 2.67. The Balaban J connectivity index is 2.63. The lowest BCUT2D eigenvalue weighted by Crippen LogP contribution is -1.94. The normalized spacial score (nSPS) is 10.4. The Morgan fingerprint density at radius 2 is 1.89 bits per heavy atom. The van der Waals surface area contributed by atoms with Gasteiger partial charge in [0.25, 0.3) is 0 Å². The number of aldehydes is 1. The molecule has 2 rings (SSSR count). The third kappa shape index (κ3) is 1.97. The van der Waals surface area contributed by atoms with E-state index in [2.05, 4.69) is 4.98 Å². The first-order valence-electron chi connectivity index (χ1n) is 5.49. The lowest BCUT2D eigenvalue weighted by molar-refractivity contribution is 0.101. The fraction of sp³-hybridized carbons (Fsp3) is 0.143. The number of aromatic amines is 1. The molecule has 1 aromatic carbocycles. The molecule has 0 bridgehead atoms. The summed E-state index contributed by atoms with van der Waals surface area (Å²) in [6.45, 7) is 3.14. The highest BCUT2D eigenvalue weighted by atomic mass is 19.1. The van der Waals surface area contributed by atoms with Crippen LogP contribution in [0.25, 0.3) is 11.3 Å². The van der Waals surface area contributed by atoms with Crippen molar-refractivity contribution in [1.82, 2.24) is 4.98 Å². The third-order valence-corrected chi connectivity index (χ3v) is 2.90. The van der Waals surface area contributed by atoms with Gasteiger partial charge < -0.3 is 4.98 Å². The molecule has 3 nitrogen and oxygen atoms in total. The van der Waals surface area contributed by atoms with Crippen LogP contribution in [0.4, 0.5) is 4.39 Å². The fourth-order valence-electron chi connectivity index (χ4n) is 1.95. The van der Waals surface area contributed by atoms with E-state index in [1.54, 1.807) is 19.1 Å². The van der Waals surface area contributed by atoms with Crippen LogP contribution in [-0.4, -0.2) is 17.1 Å². The molecule has 0 fully saturated rings. The summed E-state index contributed by atoms with van der Waals surface area (Å²) in [5, 5.41) is 0. The molecule has 18 heavy (non-hydrogen) atoms. The van der Waals surface area contributed by atoms with Crippen LogP contribution in [0.15, 0.2) is 24.3 Å². The molecule has 1 heterocycles. The summed E-state index contributed by atoms with van der Waals surface area (Å²) in [6, 6.07) is 5.76. The topological polar surface area (TPSA) is 49.9 Å². The number of carbonyl (C=O) groups is 2. The Hall–Kier alpha value is -2.23. The van der Waals surface area contributed by atoms with Crippen LogP contribution in [0.2, 0.25) is 0 Å². The van der Waals surface area contributed by atoms with Crippen molar-refractivity contribution in [2.45, 2.75) is 13.8 Å². The van der Waals surface area contributed by atoms with Gasteiger partial charge in [0.1, 0.15) is 5.82 Å². The lowest BCUT2D eigenvalue weighted by atomic mass is 10.1. The number of benzene rings is 1. The lowest BCUT2D eigenvalue weighted by Gasteiger charge is -1.99. The second kappa shape index (κ2) is 4.56. The summed E-state index contributed by atoms with van der Waals surface area (Å²) in [7, 11) is 0. The smallest absolute Gasteiger partial charge is 0.176 e. The number of nitrogens with one attached hydrogen (secondary N) is 1. The van der Waals surface area contributed by atoms with E-state index < -0.39 is 0 Å². The van der Waals surface area contributed by atoms with Gasteiger partial charge in [-0.15, -0.1) is 0 Å². The minimum atomic E-state index is -0.346. The molecule has 0 radical (unpaired) electrons. The van der Waals surface area contributed by atoms with E-state index in [0.29, 0.717) is 34.4 Å². The van der Waals surface area contributed by atoms with Gasteiger partial charge in [-0.3, -0.25) is 9.59 Å². The third-order valence-electron chi connectivity index (χ3n) is 2.90. The van der Waals surface area contributed by atoms with Crippen LogP contribution in [0.3, 0.4) is 0 Å². The van der Waals surface area contributed by atoms with Crippen molar-refractivity contribution >= 4 is 12.1 Å². The molecule has 0 unspecified atom stereocenters. The SMILES string of the molecule is CC(=O)c1[nH]c(-c2ccc(F)cc2)c(C=O)c1C. The first-order valence-corrected chi connectivity index (χ1v) is 5.49. The highest BCUT2D eigenvalue weighted by Crippen LogP contribution is 2.27. The number of hydrogen-bond donors (Lipinski definition) is 1. The van der Waals surface area contributed by atoms with Crippen LogP contribution in [0, 0.1) is 12.7 Å². The van der Waals surface area contributed by atoms with Gasteiger partial charge in [-0.1, -0.05) is 0 Å². The Labute approximate surface area is 104 Å². The zero-order chi connectivity index (χ0) is 13.3. The number of hydrogen-bond acceptors (Lipinski definition) is 2. The highest BCUT2D eigenvalue weighted by molar-refractivity contribution is 6.00. The Morgan fingerprint density at radius 1 is 1.28 bits per heavy atom. The first kappa shape index (κ1) is 12.2. The summed E-state index contributed by atoms with van der Waals surface area (Å²) in [5.41, 5.74) is 2.70. The molecule has 0 aliphatic heterocycles. The van der Waals surface area contributed by atoms with Gasteiger partial charge in [0, 0.05) is 12.5 Å². The molecule has 0 amide bonds. The van der Waals surface area contributed by atoms with E-state index in [1.807, 2.05) is 0 Å². The van der Waals surface area contributed by atoms with Gasteiger partial charge in [-0.25, -0.2) is 4.39 Å². The summed E-state index contributed by atoms with van der Waals surface area (Å²) in [5.74, 6) is -0.481. The van der Waals surface area contributed by atoms with Crippen molar-refractivity contribution in [3.63, 3.8) is 0 Å². The number of halogens is 1. The first-order chi connectivity index (χ1) is 8.54. The Morgan fingerprint density at radius 3 is 2.39 bits per heavy atom. The Kier molecular flexibility index (Phi) is 3.10. The van der Waals surface area contributed by atoms with E-state index in [9.17, 15) is 14.0 Å². The molecule has 2 aromatic rings. The predicted octanol–water partition coefficient (Wildman–Crippen LogP) is 3.14. The number of ketones is 1. The number of H-pyrrole nitrogens is 1. The predicted molar refractivity (Wildman–Crippen MR) is 66.3 cm³/mol. The number of rotatable bonds is 3. The number of Topliss-reactive ketones (excluding diaryl/α,β-unsaturated/α-hetero) is 1. The van der Waals surface area contributed by atoms with Crippen molar-refractivity contribution in [3.8, 4) is 11.3 Å². The summed E-state index contributed by atoms with van der Waals surface area (Å²) >= 11 is 0. The van der Waals surface area contributed by atoms with Crippen molar-refractivity contribution in [2.24, 2.45) is 0 Å². The molecule has 0 saturated heterocycles. The van der Waals surface area contributed by atoms with Gasteiger partial charge in [-0.2, -0.15) is 0 Å². The van der Waals surface area contributed by atoms with Gasteiger partial charge >= 0.3 is 0 Å². The molecule has 0 spiro atoms. The number of aromatic nitrogens is 1. The molecule has 4 heteroatoms. The molecular formula is C14H12FNO2. The van der Waals surface area contributed by atoms with Gasteiger partial charge in [0.2, 0.25) is 0 Å². The van der Waals surface area contributed by atoms with Crippen molar-refractivity contribution in [3.05, 3.63) is 46.9 Å². The van der Waals surface area contributed by atoms with E-state index in [-0.39, 0.29) is 11.6 Å². The molecular weight excluding hydrogens is 233 g/mol. The van der Waals surface area contributed by atoms with Crippen molar-refractivity contribution in [1.29, 1.82) is 0 Å². The molecule has 0 aliphatic rings. The second-order valence-corrected chi connectivity index (χ2v) is 4.09. The van der Waals surface area contributed by atoms with Crippen molar-refractivity contribution < 1.29 is 14.0 Å². The van der Waals surface area contributed by atoms with Crippen LogP contribution < -0.4 is 0 Å². The highest BCUT2D eigenvalue weighted by Gasteiger charge is 2.17. The zero-order valence-electron chi connectivity index (χ0n) is 10.1. The summed E-state index contributed by atoms with van der Waals surface area (Å²) in [4.78, 5) is 25.5. The van der Waals surface area contributed by atoms with Crippen molar-refractivity contribution in [2.75, 3.05) is 0 Å². The molecule has 1 N–H and O–H groups in total.